The minimum atomic E-state index is -4.18. The monoisotopic (exact) mass is 647 g/mol. The average molecular weight is 648 g/mol. The summed E-state index contributed by atoms with van der Waals surface area (Å²) in [6.07, 6.45) is 0.229. The van der Waals surface area contributed by atoms with Crippen LogP contribution in [0.15, 0.2) is 114 Å². The number of hydrogen-bond acceptors (Lipinski definition) is 5. The molecule has 8 nitrogen and oxygen atoms in total. The molecule has 0 bridgehead atoms. The van der Waals surface area contributed by atoms with Crippen LogP contribution in [0, 0.1) is 0 Å². The van der Waals surface area contributed by atoms with Crippen molar-refractivity contribution < 1.29 is 22.7 Å². The molecule has 4 aromatic rings. The van der Waals surface area contributed by atoms with Gasteiger partial charge in [-0.1, -0.05) is 72.3 Å². The second-order valence-corrected chi connectivity index (χ2v) is 13.1. The molecule has 0 aliphatic heterocycles. The molecule has 0 saturated heterocycles. The van der Waals surface area contributed by atoms with Crippen LogP contribution in [0.2, 0.25) is 5.02 Å². The van der Waals surface area contributed by atoms with Crippen LogP contribution in [0.3, 0.4) is 0 Å². The normalized spacial score (nSPS) is 11.9. The second kappa shape index (κ2) is 15.6. The number of halogens is 1. The van der Waals surface area contributed by atoms with Crippen LogP contribution in [-0.2, 0) is 32.6 Å². The first-order chi connectivity index (χ1) is 21.6. The number of sulfonamides is 1. The molecule has 1 N–H and O–H groups in total. The SMILES string of the molecule is CCOc1ccc(N(CC(=O)N(Cc2ccc(Cl)cc2)C(Cc2ccccc2)C(=O)NC(C)C)S(=O)(=O)c2ccccc2)cc1. The van der Waals surface area contributed by atoms with Gasteiger partial charge in [-0.05, 0) is 80.4 Å². The zero-order valence-corrected chi connectivity index (χ0v) is 27.2. The van der Waals surface area contributed by atoms with Crippen LogP contribution in [0.25, 0.3) is 0 Å². The highest BCUT2D eigenvalue weighted by Crippen LogP contribution is 2.27. The zero-order chi connectivity index (χ0) is 32.4. The first-order valence-corrected chi connectivity index (χ1v) is 16.6. The van der Waals surface area contributed by atoms with Crippen LogP contribution in [0.5, 0.6) is 5.75 Å². The molecule has 0 aliphatic carbocycles. The van der Waals surface area contributed by atoms with Gasteiger partial charge >= 0.3 is 0 Å². The van der Waals surface area contributed by atoms with Crippen LogP contribution >= 0.6 is 11.6 Å². The van der Waals surface area contributed by atoms with E-state index >= 15 is 0 Å². The van der Waals surface area contributed by atoms with Gasteiger partial charge in [-0.15, -0.1) is 0 Å². The van der Waals surface area contributed by atoms with E-state index in [0.717, 1.165) is 15.4 Å². The fourth-order valence-electron chi connectivity index (χ4n) is 4.84. The number of anilines is 1. The van der Waals surface area contributed by atoms with Crippen molar-refractivity contribution in [2.24, 2.45) is 0 Å². The molecular formula is C35H38ClN3O5S. The van der Waals surface area contributed by atoms with Gasteiger partial charge in [0.05, 0.1) is 17.2 Å². The van der Waals surface area contributed by atoms with E-state index in [1.165, 1.54) is 17.0 Å². The number of ether oxygens (including phenoxy) is 1. The van der Waals surface area contributed by atoms with E-state index in [1.807, 2.05) is 51.1 Å². The van der Waals surface area contributed by atoms with Gasteiger partial charge in [0.25, 0.3) is 10.0 Å². The molecule has 0 aromatic heterocycles. The van der Waals surface area contributed by atoms with E-state index in [4.69, 9.17) is 16.3 Å². The van der Waals surface area contributed by atoms with Gasteiger partial charge in [0.15, 0.2) is 0 Å². The fraction of sp³-hybridized carbons (Fsp3) is 0.257. The van der Waals surface area contributed by atoms with Crippen LogP contribution in [0.1, 0.15) is 31.9 Å². The minimum Gasteiger partial charge on any atom is -0.494 e. The third kappa shape index (κ3) is 9.09. The van der Waals surface area contributed by atoms with Crippen molar-refractivity contribution in [1.82, 2.24) is 10.2 Å². The van der Waals surface area contributed by atoms with E-state index in [1.54, 1.807) is 66.7 Å². The van der Waals surface area contributed by atoms with Gasteiger partial charge in [-0.3, -0.25) is 13.9 Å². The summed E-state index contributed by atoms with van der Waals surface area (Å²) in [6.45, 7) is 5.52. The van der Waals surface area contributed by atoms with E-state index < -0.39 is 28.5 Å². The summed E-state index contributed by atoms with van der Waals surface area (Å²) < 4.78 is 34.8. The molecule has 1 atom stereocenters. The molecule has 45 heavy (non-hydrogen) atoms. The number of nitrogens with zero attached hydrogens (tertiary/aromatic N) is 2. The summed E-state index contributed by atoms with van der Waals surface area (Å²) in [5.74, 6) is -0.310. The highest BCUT2D eigenvalue weighted by molar-refractivity contribution is 7.92. The van der Waals surface area contributed by atoms with Crippen molar-refractivity contribution in [3.8, 4) is 5.75 Å². The zero-order valence-electron chi connectivity index (χ0n) is 25.6. The number of carbonyl (C=O) groups is 2. The molecule has 0 heterocycles. The molecule has 0 saturated carbocycles. The highest BCUT2D eigenvalue weighted by atomic mass is 35.5. The van der Waals surface area contributed by atoms with Crippen molar-refractivity contribution in [1.29, 1.82) is 0 Å². The Hall–Kier alpha value is -4.34. The Kier molecular flexibility index (Phi) is 11.6. The lowest BCUT2D eigenvalue weighted by molar-refractivity contribution is -0.140. The van der Waals surface area contributed by atoms with Gasteiger partial charge in [-0.25, -0.2) is 8.42 Å². The summed E-state index contributed by atoms with van der Waals surface area (Å²) >= 11 is 6.14. The molecule has 4 rings (SSSR count). The summed E-state index contributed by atoms with van der Waals surface area (Å²) in [6, 6.07) is 29.8. The molecule has 0 radical (unpaired) electrons. The van der Waals surface area contributed by atoms with Crippen LogP contribution in [-0.4, -0.2) is 50.4 Å². The van der Waals surface area contributed by atoms with Crippen molar-refractivity contribution in [3.05, 3.63) is 125 Å². The Morgan fingerprint density at radius 1 is 0.822 bits per heavy atom. The number of benzene rings is 4. The standard InChI is InChI=1S/C35H38ClN3O5S/c1-4-44-31-21-19-30(20-22-31)39(45(42,43)32-13-9-6-10-14-32)25-34(40)38(24-28-15-17-29(36)18-16-28)33(35(41)37-26(2)3)23-27-11-7-5-8-12-27/h5-22,26,33H,4,23-25H2,1-3H3,(H,37,41). The summed E-state index contributed by atoms with van der Waals surface area (Å²) in [5.41, 5.74) is 1.88. The van der Waals surface area contributed by atoms with Crippen LogP contribution < -0.4 is 14.4 Å². The highest BCUT2D eigenvalue weighted by Gasteiger charge is 2.34. The maximum absolute atomic E-state index is 14.5. The number of nitrogens with one attached hydrogen (secondary N) is 1. The van der Waals surface area contributed by atoms with Gasteiger partial charge in [0.1, 0.15) is 18.3 Å². The van der Waals surface area contributed by atoms with Gasteiger partial charge in [0.2, 0.25) is 11.8 Å². The summed E-state index contributed by atoms with van der Waals surface area (Å²) in [5, 5.41) is 3.49. The third-order valence-corrected chi connectivity index (χ3v) is 9.05. The molecular weight excluding hydrogens is 610 g/mol. The van der Waals surface area contributed by atoms with Crippen molar-refractivity contribution in [2.45, 2.75) is 50.7 Å². The Morgan fingerprint density at radius 2 is 1.42 bits per heavy atom. The Morgan fingerprint density at radius 3 is 2.00 bits per heavy atom. The van der Waals surface area contributed by atoms with E-state index in [0.29, 0.717) is 17.4 Å². The molecule has 1 unspecified atom stereocenters. The molecule has 2 amide bonds. The van der Waals surface area contributed by atoms with Gasteiger partial charge in [0, 0.05) is 24.0 Å². The smallest absolute Gasteiger partial charge is 0.264 e. The number of rotatable bonds is 14. The predicted molar refractivity (Wildman–Crippen MR) is 178 cm³/mol. The summed E-state index contributed by atoms with van der Waals surface area (Å²) in [7, 11) is -4.18. The van der Waals surface area contributed by atoms with Gasteiger partial charge in [-0.2, -0.15) is 0 Å². The fourth-order valence-corrected chi connectivity index (χ4v) is 6.41. The lowest BCUT2D eigenvalue weighted by Gasteiger charge is -2.34. The molecule has 236 valence electrons. The molecule has 0 spiro atoms. The number of hydrogen-bond donors (Lipinski definition) is 1. The average Bonchev–Trinajstić information content (AvgIpc) is 3.03. The molecule has 0 aliphatic rings. The Balaban J connectivity index is 1.79. The largest absolute Gasteiger partial charge is 0.494 e. The minimum absolute atomic E-state index is 0.0364. The second-order valence-electron chi connectivity index (χ2n) is 10.8. The van der Waals surface area contributed by atoms with E-state index in [-0.39, 0.29) is 35.5 Å². The lowest BCUT2D eigenvalue weighted by atomic mass is 10.0. The first-order valence-electron chi connectivity index (χ1n) is 14.8. The first kappa shape index (κ1) is 33.6. The maximum atomic E-state index is 14.5. The quantitative estimate of drug-likeness (QED) is 0.179. The maximum Gasteiger partial charge on any atom is 0.264 e. The number of amides is 2. The molecule has 4 aromatic carbocycles. The number of carbonyl (C=O) groups excluding carboxylic acids is 2. The third-order valence-electron chi connectivity index (χ3n) is 7.01. The molecule has 10 heteroatoms. The van der Waals surface area contributed by atoms with Crippen molar-refractivity contribution >= 4 is 39.1 Å². The van der Waals surface area contributed by atoms with Gasteiger partial charge < -0.3 is 15.0 Å². The van der Waals surface area contributed by atoms with Crippen LogP contribution in [0.4, 0.5) is 5.69 Å². The van der Waals surface area contributed by atoms with E-state index in [2.05, 4.69) is 5.32 Å². The predicted octanol–water partition coefficient (Wildman–Crippen LogP) is 6.10. The Bertz CT molecular complexity index is 1650. The molecule has 0 fully saturated rings. The summed E-state index contributed by atoms with van der Waals surface area (Å²) in [4.78, 5) is 29.7. The lowest BCUT2D eigenvalue weighted by Crippen LogP contribution is -2.54. The van der Waals surface area contributed by atoms with E-state index in [9.17, 15) is 18.0 Å². The topological polar surface area (TPSA) is 96.0 Å². The van der Waals surface area contributed by atoms with Crippen molar-refractivity contribution in [3.63, 3.8) is 0 Å². The van der Waals surface area contributed by atoms with Crippen molar-refractivity contribution in [2.75, 3.05) is 17.5 Å². The Labute approximate surface area is 270 Å².